The first-order valence-corrected chi connectivity index (χ1v) is 6.95. The van der Waals surface area contributed by atoms with Crippen LogP contribution in [0.4, 0.5) is 10.5 Å². The zero-order valence-corrected chi connectivity index (χ0v) is 13.1. The highest BCUT2D eigenvalue weighted by molar-refractivity contribution is 5.88. The maximum absolute atomic E-state index is 11.1. The molecule has 0 aliphatic heterocycles. The van der Waals surface area contributed by atoms with Gasteiger partial charge in [-0.2, -0.15) is 0 Å². The fourth-order valence-electron chi connectivity index (χ4n) is 1.50. The van der Waals surface area contributed by atoms with E-state index < -0.39 is 6.10 Å². The lowest BCUT2D eigenvalue weighted by atomic mass is 10.1. The molecule has 6 heteroatoms. The van der Waals surface area contributed by atoms with Crippen LogP contribution in [0, 0.1) is 0 Å². The van der Waals surface area contributed by atoms with Crippen LogP contribution >= 0.6 is 0 Å². The van der Waals surface area contributed by atoms with E-state index in [1.165, 1.54) is 0 Å². The number of aliphatic hydroxyl groups is 1. The number of carbonyl (C=O) groups is 1. The zero-order chi connectivity index (χ0) is 15.9. The number of amides is 2. The first kappa shape index (κ1) is 17.3. The Labute approximate surface area is 125 Å². The van der Waals surface area contributed by atoms with Gasteiger partial charge in [0.2, 0.25) is 0 Å². The van der Waals surface area contributed by atoms with E-state index in [0.717, 1.165) is 0 Å². The molecule has 0 aromatic heterocycles. The molecule has 0 saturated carbocycles. The van der Waals surface area contributed by atoms with Gasteiger partial charge in [-0.25, -0.2) is 4.79 Å². The molecular weight excluding hydrogens is 270 g/mol. The number of hydrogen-bond acceptors (Lipinski definition) is 4. The van der Waals surface area contributed by atoms with Gasteiger partial charge in [0.05, 0.1) is 0 Å². The number of β-amino-alcohol motifs (C(OH)–C–C–N with tert-alkyl or cyclic N) is 1. The molecule has 1 aromatic carbocycles. The summed E-state index contributed by atoms with van der Waals surface area (Å²) in [5.41, 5.74) is 0.644. The summed E-state index contributed by atoms with van der Waals surface area (Å²) in [6.07, 6.45) is -0.576. The number of rotatable bonds is 6. The minimum absolute atomic E-state index is 0.0336. The lowest BCUT2D eigenvalue weighted by Crippen LogP contribution is -2.42. The van der Waals surface area contributed by atoms with Crippen LogP contribution in [0.3, 0.4) is 0 Å². The predicted octanol–water partition coefficient (Wildman–Crippen LogP) is 1.57. The number of anilines is 1. The van der Waals surface area contributed by atoms with E-state index in [-0.39, 0.29) is 18.2 Å². The van der Waals surface area contributed by atoms with Crippen molar-refractivity contribution in [1.82, 2.24) is 10.6 Å². The van der Waals surface area contributed by atoms with E-state index in [1.807, 2.05) is 20.8 Å². The largest absolute Gasteiger partial charge is 0.491 e. The SMILES string of the molecule is CNC(=O)Nc1ccc(OC[C@@H](O)CNC(C)(C)C)cc1. The third-order valence-electron chi connectivity index (χ3n) is 2.65. The lowest BCUT2D eigenvalue weighted by Gasteiger charge is -2.23. The topological polar surface area (TPSA) is 82.6 Å². The molecule has 0 fully saturated rings. The fraction of sp³-hybridized carbons (Fsp3) is 0.533. The van der Waals surface area contributed by atoms with Crippen molar-refractivity contribution in [3.05, 3.63) is 24.3 Å². The average molecular weight is 295 g/mol. The van der Waals surface area contributed by atoms with Crippen molar-refractivity contribution in [2.24, 2.45) is 0 Å². The minimum Gasteiger partial charge on any atom is -0.491 e. The molecule has 4 N–H and O–H groups in total. The molecule has 0 aliphatic carbocycles. The number of nitrogens with one attached hydrogen (secondary N) is 3. The van der Waals surface area contributed by atoms with E-state index in [0.29, 0.717) is 18.0 Å². The fourth-order valence-corrected chi connectivity index (χ4v) is 1.50. The first-order chi connectivity index (χ1) is 9.80. The third kappa shape index (κ3) is 7.53. The van der Waals surface area contributed by atoms with Crippen molar-refractivity contribution in [3.8, 4) is 5.75 Å². The van der Waals surface area contributed by atoms with Crippen molar-refractivity contribution in [3.63, 3.8) is 0 Å². The number of carbonyl (C=O) groups excluding carboxylic acids is 1. The van der Waals surface area contributed by atoms with Gasteiger partial charge in [-0.1, -0.05) is 0 Å². The third-order valence-corrected chi connectivity index (χ3v) is 2.65. The minimum atomic E-state index is -0.576. The Balaban J connectivity index is 2.37. The van der Waals surface area contributed by atoms with Gasteiger partial charge in [0.25, 0.3) is 0 Å². The normalized spacial score (nSPS) is 12.6. The van der Waals surface area contributed by atoms with E-state index in [4.69, 9.17) is 4.74 Å². The molecule has 0 bridgehead atoms. The second-order valence-electron chi connectivity index (χ2n) is 5.82. The highest BCUT2D eigenvalue weighted by Crippen LogP contribution is 2.15. The van der Waals surface area contributed by atoms with E-state index in [1.54, 1.807) is 31.3 Å². The van der Waals surface area contributed by atoms with E-state index in [2.05, 4.69) is 16.0 Å². The second-order valence-corrected chi connectivity index (χ2v) is 5.82. The van der Waals surface area contributed by atoms with Gasteiger partial charge >= 0.3 is 6.03 Å². The Morgan fingerprint density at radius 1 is 1.29 bits per heavy atom. The number of urea groups is 1. The molecule has 6 nitrogen and oxygen atoms in total. The van der Waals surface area contributed by atoms with Crippen molar-refractivity contribution >= 4 is 11.7 Å². The Hall–Kier alpha value is -1.79. The molecule has 0 radical (unpaired) electrons. The Morgan fingerprint density at radius 2 is 1.90 bits per heavy atom. The monoisotopic (exact) mass is 295 g/mol. The van der Waals surface area contributed by atoms with Crippen LogP contribution in [0.1, 0.15) is 20.8 Å². The van der Waals surface area contributed by atoms with Crippen LogP contribution in [0.15, 0.2) is 24.3 Å². The molecule has 0 unspecified atom stereocenters. The first-order valence-electron chi connectivity index (χ1n) is 6.95. The van der Waals surface area contributed by atoms with Gasteiger partial charge in [-0.3, -0.25) is 0 Å². The molecule has 1 aromatic rings. The maximum Gasteiger partial charge on any atom is 0.318 e. The van der Waals surface area contributed by atoms with Gasteiger partial charge in [0.1, 0.15) is 18.5 Å². The predicted molar refractivity (Wildman–Crippen MR) is 83.8 cm³/mol. The summed E-state index contributed by atoms with van der Waals surface area (Å²) < 4.78 is 5.50. The summed E-state index contributed by atoms with van der Waals surface area (Å²) in [4.78, 5) is 11.1. The summed E-state index contributed by atoms with van der Waals surface area (Å²) in [5.74, 6) is 0.646. The highest BCUT2D eigenvalue weighted by atomic mass is 16.5. The molecule has 0 aliphatic rings. The van der Waals surface area contributed by atoms with Gasteiger partial charge in [-0.15, -0.1) is 0 Å². The molecule has 2 amide bonds. The van der Waals surface area contributed by atoms with Crippen LogP contribution in [-0.4, -0.2) is 43.0 Å². The average Bonchev–Trinajstić information content (AvgIpc) is 2.43. The van der Waals surface area contributed by atoms with Crippen molar-refractivity contribution in [1.29, 1.82) is 0 Å². The number of benzene rings is 1. The molecular formula is C15H25N3O3. The Bertz CT molecular complexity index is 440. The van der Waals surface area contributed by atoms with Crippen molar-refractivity contribution in [2.75, 3.05) is 25.5 Å². The summed E-state index contributed by atoms with van der Waals surface area (Å²) in [6, 6.07) is 6.70. The van der Waals surface area contributed by atoms with E-state index in [9.17, 15) is 9.90 Å². The maximum atomic E-state index is 11.1. The van der Waals surface area contributed by atoms with Crippen LogP contribution in [-0.2, 0) is 0 Å². The highest BCUT2D eigenvalue weighted by Gasteiger charge is 2.12. The van der Waals surface area contributed by atoms with Crippen LogP contribution in [0.25, 0.3) is 0 Å². The van der Waals surface area contributed by atoms with Gasteiger partial charge in [0, 0.05) is 24.8 Å². The van der Waals surface area contributed by atoms with Crippen molar-refractivity contribution < 1.29 is 14.6 Å². The van der Waals surface area contributed by atoms with E-state index >= 15 is 0 Å². The van der Waals surface area contributed by atoms with Crippen molar-refractivity contribution in [2.45, 2.75) is 32.4 Å². The van der Waals surface area contributed by atoms with Gasteiger partial charge in [0.15, 0.2) is 0 Å². The summed E-state index contributed by atoms with van der Waals surface area (Å²) in [6.45, 7) is 6.81. The van der Waals surface area contributed by atoms with Crippen LogP contribution in [0.5, 0.6) is 5.75 Å². The molecule has 0 spiro atoms. The second kappa shape index (κ2) is 7.85. The van der Waals surface area contributed by atoms with Crippen LogP contribution in [0.2, 0.25) is 0 Å². The number of hydrogen-bond donors (Lipinski definition) is 4. The quantitative estimate of drug-likeness (QED) is 0.642. The molecule has 1 atom stereocenters. The zero-order valence-electron chi connectivity index (χ0n) is 13.1. The molecule has 0 saturated heterocycles. The lowest BCUT2D eigenvalue weighted by molar-refractivity contribution is 0.100. The van der Waals surface area contributed by atoms with Crippen LogP contribution < -0.4 is 20.7 Å². The Kier molecular flexibility index (Phi) is 6.45. The summed E-state index contributed by atoms with van der Waals surface area (Å²) in [7, 11) is 1.56. The number of ether oxygens (including phenoxy) is 1. The van der Waals surface area contributed by atoms with Gasteiger partial charge in [-0.05, 0) is 45.0 Å². The Morgan fingerprint density at radius 3 is 2.43 bits per heavy atom. The standard InChI is InChI=1S/C15H25N3O3/c1-15(2,3)17-9-12(19)10-21-13-7-5-11(6-8-13)18-14(20)16-4/h5-8,12,17,19H,9-10H2,1-4H3,(H2,16,18,20)/t12-/m0/s1. The molecule has 21 heavy (non-hydrogen) atoms. The smallest absolute Gasteiger partial charge is 0.318 e. The summed E-state index contributed by atoms with van der Waals surface area (Å²) in [5, 5.41) is 18.2. The van der Waals surface area contributed by atoms with Gasteiger partial charge < -0.3 is 25.8 Å². The number of aliphatic hydroxyl groups excluding tert-OH is 1. The molecule has 118 valence electrons. The molecule has 1 rings (SSSR count). The molecule has 0 heterocycles. The summed E-state index contributed by atoms with van der Waals surface area (Å²) >= 11 is 0.